The molecular weight excluding hydrogens is 284 g/mol. The first-order valence-electron chi connectivity index (χ1n) is 5.63. The number of nitrogens with zero attached hydrogens (tertiary/aromatic N) is 1. The number of ether oxygens (including phenoxy) is 2. The zero-order chi connectivity index (χ0) is 12.5. The number of hydrogen-bond acceptors (Lipinski definition) is 4. The molecule has 0 spiro atoms. The molecule has 1 aromatic rings. The Morgan fingerprint density at radius 3 is 2.65 bits per heavy atom. The van der Waals surface area contributed by atoms with Gasteiger partial charge >= 0.3 is 0 Å². The molecule has 1 aromatic heterocycles. The molecule has 2 heterocycles. The fraction of sp³-hybridized carbons (Fsp3) is 0.583. The SMILES string of the molecule is Cc1cc(NC2COC(C)(C)OC2)cnc1Br. The van der Waals surface area contributed by atoms with Gasteiger partial charge in [-0.1, -0.05) is 0 Å². The zero-order valence-corrected chi connectivity index (χ0v) is 11.9. The van der Waals surface area contributed by atoms with Crippen LogP contribution in [0.3, 0.4) is 0 Å². The van der Waals surface area contributed by atoms with Gasteiger partial charge in [-0.3, -0.25) is 0 Å². The lowest BCUT2D eigenvalue weighted by atomic mass is 10.2. The Morgan fingerprint density at radius 1 is 1.41 bits per heavy atom. The quantitative estimate of drug-likeness (QED) is 0.853. The zero-order valence-electron chi connectivity index (χ0n) is 10.3. The van der Waals surface area contributed by atoms with Crippen LogP contribution in [0.25, 0.3) is 0 Å². The van der Waals surface area contributed by atoms with Gasteiger partial charge in [0, 0.05) is 0 Å². The highest BCUT2D eigenvalue weighted by molar-refractivity contribution is 9.10. The number of aromatic nitrogens is 1. The van der Waals surface area contributed by atoms with Crippen molar-refractivity contribution in [3.8, 4) is 0 Å². The van der Waals surface area contributed by atoms with Crippen LogP contribution in [-0.2, 0) is 9.47 Å². The minimum atomic E-state index is -0.466. The second-order valence-corrected chi connectivity index (χ2v) is 5.45. The average molecular weight is 301 g/mol. The topological polar surface area (TPSA) is 43.4 Å². The van der Waals surface area contributed by atoms with E-state index in [2.05, 4.69) is 32.3 Å². The summed E-state index contributed by atoms with van der Waals surface area (Å²) < 4.78 is 12.1. The Labute approximate surface area is 110 Å². The summed E-state index contributed by atoms with van der Waals surface area (Å²) in [6.07, 6.45) is 1.80. The second-order valence-electron chi connectivity index (χ2n) is 4.69. The Morgan fingerprint density at radius 2 is 2.06 bits per heavy atom. The molecule has 5 heteroatoms. The molecule has 17 heavy (non-hydrogen) atoms. The number of rotatable bonds is 2. The second kappa shape index (κ2) is 4.92. The standard InChI is InChI=1S/C12H17BrN2O2/c1-8-4-9(5-14-11(8)13)15-10-6-16-12(2,3)17-7-10/h4-5,10,15H,6-7H2,1-3H3. The molecule has 1 fully saturated rings. The van der Waals surface area contributed by atoms with Crippen LogP contribution in [0, 0.1) is 6.92 Å². The number of hydrogen-bond donors (Lipinski definition) is 1. The highest BCUT2D eigenvalue weighted by atomic mass is 79.9. The molecular formula is C12H17BrN2O2. The Bertz CT molecular complexity index is 399. The lowest BCUT2D eigenvalue weighted by Crippen LogP contribution is -2.45. The van der Waals surface area contributed by atoms with Crippen LogP contribution in [0.1, 0.15) is 19.4 Å². The van der Waals surface area contributed by atoms with E-state index in [0.717, 1.165) is 15.9 Å². The average Bonchev–Trinajstić information content (AvgIpc) is 2.27. The van der Waals surface area contributed by atoms with Gasteiger partial charge in [0.15, 0.2) is 5.79 Å². The van der Waals surface area contributed by atoms with E-state index in [0.29, 0.717) is 13.2 Å². The van der Waals surface area contributed by atoms with Crippen molar-refractivity contribution in [2.75, 3.05) is 18.5 Å². The van der Waals surface area contributed by atoms with Gasteiger partial charge < -0.3 is 14.8 Å². The molecule has 1 aliphatic heterocycles. The van der Waals surface area contributed by atoms with E-state index >= 15 is 0 Å². The highest BCUT2D eigenvalue weighted by Gasteiger charge is 2.28. The monoisotopic (exact) mass is 300 g/mol. The van der Waals surface area contributed by atoms with Gasteiger partial charge in [0.1, 0.15) is 4.60 Å². The number of aryl methyl sites for hydroxylation is 1. The molecule has 1 N–H and O–H groups in total. The van der Waals surface area contributed by atoms with Gasteiger partial charge in [-0.15, -0.1) is 0 Å². The maximum Gasteiger partial charge on any atom is 0.162 e. The van der Waals surface area contributed by atoms with E-state index in [1.165, 1.54) is 0 Å². The molecule has 0 saturated carbocycles. The smallest absolute Gasteiger partial charge is 0.162 e. The largest absolute Gasteiger partial charge is 0.376 e. The molecule has 0 radical (unpaired) electrons. The Kier molecular flexibility index (Phi) is 3.70. The van der Waals surface area contributed by atoms with Gasteiger partial charge in [-0.2, -0.15) is 0 Å². The molecule has 1 saturated heterocycles. The van der Waals surface area contributed by atoms with Gasteiger partial charge in [-0.05, 0) is 48.3 Å². The van der Waals surface area contributed by atoms with Crippen LogP contribution in [-0.4, -0.2) is 30.0 Å². The maximum absolute atomic E-state index is 5.59. The molecule has 0 aliphatic carbocycles. The predicted molar refractivity (Wildman–Crippen MR) is 70.1 cm³/mol. The summed E-state index contributed by atoms with van der Waals surface area (Å²) in [5, 5.41) is 3.35. The normalized spacial score (nSPS) is 20.2. The van der Waals surface area contributed by atoms with Crippen LogP contribution in [0.15, 0.2) is 16.9 Å². The van der Waals surface area contributed by atoms with Crippen LogP contribution in [0.2, 0.25) is 0 Å². The summed E-state index contributed by atoms with van der Waals surface area (Å²) in [6.45, 7) is 7.15. The van der Waals surface area contributed by atoms with E-state index in [4.69, 9.17) is 9.47 Å². The fourth-order valence-electron chi connectivity index (χ4n) is 1.65. The van der Waals surface area contributed by atoms with Crippen molar-refractivity contribution >= 4 is 21.6 Å². The molecule has 4 nitrogen and oxygen atoms in total. The molecule has 94 valence electrons. The molecule has 0 bridgehead atoms. The minimum Gasteiger partial charge on any atom is -0.376 e. The predicted octanol–water partition coefficient (Wildman–Crippen LogP) is 2.72. The van der Waals surface area contributed by atoms with Crippen molar-refractivity contribution in [1.29, 1.82) is 0 Å². The van der Waals surface area contributed by atoms with Crippen LogP contribution in [0.5, 0.6) is 0 Å². The number of nitrogens with one attached hydrogen (secondary N) is 1. The third-order valence-electron chi connectivity index (χ3n) is 2.65. The van der Waals surface area contributed by atoms with Crippen molar-refractivity contribution in [3.63, 3.8) is 0 Å². The summed E-state index contributed by atoms with van der Waals surface area (Å²) in [5.41, 5.74) is 2.09. The number of anilines is 1. The van der Waals surface area contributed by atoms with Crippen molar-refractivity contribution in [3.05, 3.63) is 22.4 Å². The summed E-state index contributed by atoms with van der Waals surface area (Å²) >= 11 is 3.38. The van der Waals surface area contributed by atoms with Gasteiger partial charge in [0.25, 0.3) is 0 Å². The summed E-state index contributed by atoms with van der Waals surface area (Å²) in [7, 11) is 0. The molecule has 1 aliphatic rings. The Balaban J connectivity index is 1.95. The van der Waals surface area contributed by atoms with Crippen LogP contribution < -0.4 is 5.32 Å². The van der Waals surface area contributed by atoms with Gasteiger partial charge in [0.2, 0.25) is 0 Å². The first kappa shape index (κ1) is 12.8. The molecule has 0 unspecified atom stereocenters. The van der Waals surface area contributed by atoms with E-state index in [9.17, 15) is 0 Å². The first-order chi connectivity index (χ1) is 7.96. The molecule has 0 atom stereocenters. The summed E-state index contributed by atoms with van der Waals surface area (Å²) in [6, 6.07) is 2.22. The molecule has 2 rings (SSSR count). The van der Waals surface area contributed by atoms with E-state index in [1.54, 1.807) is 6.20 Å². The molecule has 0 aromatic carbocycles. The van der Waals surface area contributed by atoms with Gasteiger partial charge in [-0.25, -0.2) is 4.98 Å². The summed E-state index contributed by atoms with van der Waals surface area (Å²) in [4.78, 5) is 4.25. The van der Waals surface area contributed by atoms with Crippen molar-refractivity contribution in [2.24, 2.45) is 0 Å². The van der Waals surface area contributed by atoms with E-state index in [1.807, 2.05) is 20.8 Å². The Hall–Kier alpha value is -0.650. The minimum absolute atomic E-state index is 0.172. The van der Waals surface area contributed by atoms with E-state index < -0.39 is 5.79 Å². The van der Waals surface area contributed by atoms with Crippen molar-refractivity contribution in [1.82, 2.24) is 4.98 Å². The van der Waals surface area contributed by atoms with E-state index in [-0.39, 0.29) is 6.04 Å². The fourth-order valence-corrected chi connectivity index (χ4v) is 1.87. The van der Waals surface area contributed by atoms with Crippen molar-refractivity contribution in [2.45, 2.75) is 32.6 Å². The summed E-state index contributed by atoms with van der Waals surface area (Å²) in [5.74, 6) is -0.466. The third-order valence-corrected chi connectivity index (χ3v) is 3.48. The molecule has 0 amide bonds. The number of halogens is 1. The van der Waals surface area contributed by atoms with Crippen molar-refractivity contribution < 1.29 is 9.47 Å². The number of pyridine rings is 1. The lowest BCUT2D eigenvalue weighted by Gasteiger charge is -2.35. The third kappa shape index (κ3) is 3.40. The van der Waals surface area contributed by atoms with Crippen LogP contribution >= 0.6 is 15.9 Å². The highest BCUT2D eigenvalue weighted by Crippen LogP contribution is 2.21. The van der Waals surface area contributed by atoms with Gasteiger partial charge in [0.05, 0.1) is 31.1 Å². The first-order valence-corrected chi connectivity index (χ1v) is 6.42. The lowest BCUT2D eigenvalue weighted by molar-refractivity contribution is -0.247. The maximum atomic E-state index is 5.59. The van der Waals surface area contributed by atoms with Crippen LogP contribution in [0.4, 0.5) is 5.69 Å².